The first-order valence-electron chi connectivity index (χ1n) is 9.16. The van der Waals surface area contributed by atoms with Crippen LogP contribution in [0.1, 0.15) is 18.4 Å². The second-order valence-electron chi connectivity index (χ2n) is 6.90. The van der Waals surface area contributed by atoms with Crippen molar-refractivity contribution in [1.82, 2.24) is 9.97 Å². The maximum atomic E-state index is 12.9. The van der Waals surface area contributed by atoms with Gasteiger partial charge >= 0.3 is 0 Å². The summed E-state index contributed by atoms with van der Waals surface area (Å²) in [6.07, 6.45) is 3.57. The van der Waals surface area contributed by atoms with Gasteiger partial charge in [-0.05, 0) is 43.5 Å². The van der Waals surface area contributed by atoms with E-state index in [1.807, 2.05) is 25.1 Å². The summed E-state index contributed by atoms with van der Waals surface area (Å²) >= 11 is 7.73. The summed E-state index contributed by atoms with van der Waals surface area (Å²) in [4.78, 5) is 25.1. The number of aromatic nitrogens is 2. The highest BCUT2D eigenvalue weighted by Gasteiger charge is 2.28. The lowest BCUT2D eigenvalue weighted by molar-refractivity contribution is -0.120. The first-order valence-corrected chi connectivity index (χ1v) is 10.4. The van der Waals surface area contributed by atoms with Crippen LogP contribution in [0, 0.1) is 12.8 Å². The number of carbonyl (C=O) groups is 1. The number of anilines is 2. The monoisotopic (exact) mass is 416 g/mol. The van der Waals surface area contributed by atoms with Gasteiger partial charge in [-0.15, -0.1) is 0 Å². The summed E-state index contributed by atoms with van der Waals surface area (Å²) < 4.78 is 5.37. The molecule has 0 bridgehead atoms. The predicted molar refractivity (Wildman–Crippen MR) is 114 cm³/mol. The largest absolute Gasteiger partial charge is 0.495 e. The van der Waals surface area contributed by atoms with Gasteiger partial charge in [-0.25, -0.2) is 9.97 Å². The molecule has 1 fully saturated rings. The maximum absolute atomic E-state index is 12.9. The maximum Gasteiger partial charge on any atom is 0.229 e. The van der Waals surface area contributed by atoms with Crippen molar-refractivity contribution in [2.45, 2.75) is 19.8 Å². The van der Waals surface area contributed by atoms with Crippen LogP contribution in [0.2, 0.25) is 5.02 Å². The van der Waals surface area contributed by atoms with Gasteiger partial charge in [0.05, 0.1) is 18.7 Å². The zero-order valence-corrected chi connectivity index (χ0v) is 17.3. The third-order valence-corrected chi connectivity index (χ3v) is 6.40. The Bertz CT molecular complexity index is 990. The third kappa shape index (κ3) is 3.77. The Kier molecular flexibility index (Phi) is 5.37. The van der Waals surface area contributed by atoms with Crippen molar-refractivity contribution in [3.8, 4) is 5.75 Å². The molecule has 2 aromatic heterocycles. The Morgan fingerprint density at radius 2 is 2.29 bits per heavy atom. The number of ether oxygens (including phenoxy) is 1. The van der Waals surface area contributed by atoms with E-state index in [0.29, 0.717) is 23.0 Å². The minimum atomic E-state index is -0.116. The van der Waals surface area contributed by atoms with E-state index in [0.717, 1.165) is 40.4 Å². The minimum absolute atomic E-state index is 0.0102. The molecule has 1 aliphatic rings. The number of methoxy groups -OCH3 is 1. The molecule has 0 aliphatic carbocycles. The van der Waals surface area contributed by atoms with Gasteiger partial charge in [0.15, 0.2) is 5.13 Å². The van der Waals surface area contributed by atoms with E-state index in [9.17, 15) is 4.79 Å². The van der Waals surface area contributed by atoms with Crippen LogP contribution < -0.4 is 15.0 Å². The molecule has 6 nitrogen and oxygen atoms in total. The van der Waals surface area contributed by atoms with Crippen LogP contribution in [0.15, 0.2) is 30.5 Å². The molecule has 1 amide bonds. The van der Waals surface area contributed by atoms with Crippen LogP contribution in [0.25, 0.3) is 10.3 Å². The van der Waals surface area contributed by atoms with Gasteiger partial charge in [-0.2, -0.15) is 0 Å². The zero-order valence-electron chi connectivity index (χ0n) is 15.7. The van der Waals surface area contributed by atoms with Crippen molar-refractivity contribution in [3.63, 3.8) is 0 Å². The molecule has 1 N–H and O–H groups in total. The van der Waals surface area contributed by atoms with Gasteiger partial charge in [0.25, 0.3) is 0 Å². The van der Waals surface area contributed by atoms with Crippen molar-refractivity contribution < 1.29 is 9.53 Å². The van der Waals surface area contributed by atoms with Gasteiger partial charge in [-0.1, -0.05) is 22.9 Å². The summed E-state index contributed by atoms with van der Waals surface area (Å²) in [6.45, 7) is 3.44. The van der Waals surface area contributed by atoms with E-state index in [-0.39, 0.29) is 11.8 Å². The first kappa shape index (κ1) is 19.0. The lowest BCUT2D eigenvalue weighted by atomic mass is 9.97. The highest BCUT2D eigenvalue weighted by Crippen LogP contribution is 2.33. The topological polar surface area (TPSA) is 67.3 Å². The zero-order chi connectivity index (χ0) is 19.7. The van der Waals surface area contributed by atoms with Crippen LogP contribution >= 0.6 is 22.9 Å². The molecule has 1 atom stereocenters. The first-order chi connectivity index (χ1) is 13.5. The fourth-order valence-corrected chi connectivity index (χ4v) is 4.52. The van der Waals surface area contributed by atoms with Crippen LogP contribution in [0.3, 0.4) is 0 Å². The second kappa shape index (κ2) is 7.93. The fraction of sp³-hybridized carbons (Fsp3) is 0.350. The highest BCUT2D eigenvalue weighted by atomic mass is 35.5. The summed E-state index contributed by atoms with van der Waals surface area (Å²) in [5.41, 5.74) is 2.44. The number of hydrogen-bond donors (Lipinski definition) is 1. The van der Waals surface area contributed by atoms with E-state index in [4.69, 9.17) is 16.3 Å². The number of carbonyl (C=O) groups excluding carboxylic acids is 1. The molecule has 28 heavy (non-hydrogen) atoms. The minimum Gasteiger partial charge on any atom is -0.495 e. The molecule has 4 rings (SSSR count). The second-order valence-corrected chi connectivity index (χ2v) is 8.26. The average molecular weight is 417 g/mol. The molecule has 0 spiro atoms. The van der Waals surface area contributed by atoms with Crippen molar-refractivity contribution in [2.24, 2.45) is 5.92 Å². The number of thiazole rings is 1. The predicted octanol–water partition coefficient (Wildman–Crippen LogP) is 4.52. The van der Waals surface area contributed by atoms with Gasteiger partial charge in [0.2, 0.25) is 5.91 Å². The van der Waals surface area contributed by atoms with Gasteiger partial charge in [-0.3, -0.25) is 4.79 Å². The van der Waals surface area contributed by atoms with Crippen LogP contribution in [-0.4, -0.2) is 36.1 Å². The van der Waals surface area contributed by atoms with Gasteiger partial charge < -0.3 is 15.0 Å². The fourth-order valence-electron chi connectivity index (χ4n) is 3.42. The Hall–Kier alpha value is -2.38. The van der Waals surface area contributed by atoms with E-state index in [2.05, 4.69) is 20.2 Å². The molecule has 1 aromatic carbocycles. The Balaban J connectivity index is 1.50. The molecule has 0 radical (unpaired) electrons. The highest BCUT2D eigenvalue weighted by molar-refractivity contribution is 7.21. The van der Waals surface area contributed by atoms with E-state index in [1.165, 1.54) is 0 Å². The molecular weight excluding hydrogens is 396 g/mol. The van der Waals surface area contributed by atoms with Crippen molar-refractivity contribution in [2.75, 3.05) is 30.4 Å². The molecular formula is C20H21ClN4O2S. The molecule has 0 saturated carbocycles. The Labute approximate surface area is 172 Å². The quantitative estimate of drug-likeness (QED) is 0.677. The van der Waals surface area contributed by atoms with Crippen molar-refractivity contribution in [1.29, 1.82) is 0 Å². The SMILES string of the molecule is COc1cc(Cl)c(C)cc1NC(=O)[C@@H]1CCCN(c2nc3cccnc3s2)C1. The summed E-state index contributed by atoms with van der Waals surface area (Å²) in [6, 6.07) is 7.43. The van der Waals surface area contributed by atoms with Crippen LogP contribution in [0.4, 0.5) is 10.8 Å². The smallest absolute Gasteiger partial charge is 0.229 e. The summed E-state index contributed by atoms with van der Waals surface area (Å²) in [5.74, 6) is 0.437. The summed E-state index contributed by atoms with van der Waals surface area (Å²) in [7, 11) is 1.57. The number of rotatable bonds is 4. The number of halogens is 1. The number of hydrogen-bond acceptors (Lipinski definition) is 6. The Morgan fingerprint density at radius 3 is 3.07 bits per heavy atom. The summed E-state index contributed by atoms with van der Waals surface area (Å²) in [5, 5.41) is 4.56. The molecule has 3 heterocycles. The van der Waals surface area contributed by atoms with E-state index in [1.54, 1.807) is 30.7 Å². The standard InChI is InChI=1S/C20H21ClN4O2S/c1-12-9-16(17(27-2)10-14(12)21)23-18(26)13-5-4-8-25(11-13)20-24-15-6-3-7-22-19(15)28-20/h3,6-7,9-10,13H,4-5,8,11H2,1-2H3,(H,23,26)/t13-/m1/s1. The van der Waals surface area contributed by atoms with E-state index < -0.39 is 0 Å². The lowest BCUT2D eigenvalue weighted by Crippen LogP contribution is -2.40. The van der Waals surface area contributed by atoms with Crippen LogP contribution in [0.5, 0.6) is 5.75 Å². The molecule has 1 saturated heterocycles. The molecule has 8 heteroatoms. The Morgan fingerprint density at radius 1 is 1.43 bits per heavy atom. The van der Waals surface area contributed by atoms with Gasteiger partial charge in [0, 0.05) is 30.4 Å². The number of nitrogens with zero attached hydrogens (tertiary/aromatic N) is 3. The number of benzene rings is 1. The number of pyridine rings is 1. The van der Waals surface area contributed by atoms with Crippen LogP contribution in [-0.2, 0) is 4.79 Å². The normalized spacial score (nSPS) is 17.0. The average Bonchev–Trinajstić information content (AvgIpc) is 3.15. The van der Waals surface area contributed by atoms with E-state index >= 15 is 0 Å². The third-order valence-electron chi connectivity index (χ3n) is 4.96. The molecule has 1 aliphatic heterocycles. The van der Waals surface area contributed by atoms with Gasteiger partial charge in [0.1, 0.15) is 16.1 Å². The number of aryl methyl sites for hydroxylation is 1. The number of piperidine rings is 1. The molecule has 0 unspecified atom stereocenters. The lowest BCUT2D eigenvalue weighted by Gasteiger charge is -2.31. The number of fused-ring (bicyclic) bond motifs is 1. The number of amides is 1. The molecule has 146 valence electrons. The number of nitrogens with one attached hydrogen (secondary N) is 1. The molecule has 3 aromatic rings. The van der Waals surface area contributed by atoms with Crippen molar-refractivity contribution in [3.05, 3.63) is 41.0 Å². The van der Waals surface area contributed by atoms with Crippen molar-refractivity contribution >= 4 is 50.0 Å².